The maximum Gasteiger partial charge on any atom is 0.237 e. The van der Waals surface area contributed by atoms with Crippen LogP contribution < -0.4 is 10.6 Å². The number of para-hydroxylation sites is 2. The second-order valence-corrected chi connectivity index (χ2v) is 7.92. The molecule has 0 bridgehead atoms. The Labute approximate surface area is 164 Å². The van der Waals surface area contributed by atoms with E-state index in [4.69, 9.17) is 0 Å². The molecule has 0 saturated carbocycles. The van der Waals surface area contributed by atoms with Gasteiger partial charge in [0.1, 0.15) is 5.82 Å². The molecule has 0 radical (unpaired) electrons. The third kappa shape index (κ3) is 4.39. The van der Waals surface area contributed by atoms with E-state index in [1.165, 1.54) is 11.8 Å². The van der Waals surface area contributed by atoms with Crippen LogP contribution in [0.25, 0.3) is 10.9 Å². The molecule has 1 unspecified atom stereocenters. The highest BCUT2D eigenvalue weighted by molar-refractivity contribution is 8.00. The number of anilines is 2. The van der Waals surface area contributed by atoms with Crippen LogP contribution in [0, 0.1) is 0 Å². The monoisotopic (exact) mass is 380 g/mol. The van der Waals surface area contributed by atoms with Gasteiger partial charge >= 0.3 is 0 Å². The van der Waals surface area contributed by atoms with E-state index in [2.05, 4.69) is 34.4 Å². The zero-order chi connectivity index (χ0) is 19.4. The van der Waals surface area contributed by atoms with E-state index in [-0.39, 0.29) is 11.2 Å². The number of nitrogens with zero attached hydrogens (tertiary/aromatic N) is 2. The minimum atomic E-state index is -0.323. The van der Waals surface area contributed by atoms with Crippen LogP contribution in [0.3, 0.4) is 0 Å². The van der Waals surface area contributed by atoms with E-state index in [0.29, 0.717) is 11.1 Å². The number of rotatable bonds is 6. The Morgan fingerprint density at radius 3 is 2.44 bits per heavy atom. The fourth-order valence-electron chi connectivity index (χ4n) is 2.86. The lowest BCUT2D eigenvalue weighted by Gasteiger charge is -2.16. The van der Waals surface area contributed by atoms with Crippen LogP contribution >= 0.6 is 11.8 Å². The van der Waals surface area contributed by atoms with Crippen molar-refractivity contribution in [3.8, 4) is 0 Å². The quantitative estimate of drug-likeness (QED) is 0.470. The molecule has 2 aromatic carbocycles. The molecule has 0 spiro atoms. The number of hydrogen-bond acceptors (Lipinski definition) is 5. The first kappa shape index (κ1) is 19.2. The summed E-state index contributed by atoms with van der Waals surface area (Å²) in [5.74, 6) is 1.04. The van der Waals surface area contributed by atoms with Crippen molar-refractivity contribution in [3.63, 3.8) is 0 Å². The molecule has 1 heterocycles. The fourth-order valence-corrected chi connectivity index (χ4v) is 3.64. The number of benzene rings is 2. The van der Waals surface area contributed by atoms with Crippen LogP contribution in [0.1, 0.15) is 32.3 Å². The van der Waals surface area contributed by atoms with E-state index in [0.717, 1.165) is 28.0 Å². The number of amides is 1. The third-order valence-electron chi connectivity index (χ3n) is 4.31. The van der Waals surface area contributed by atoms with E-state index in [9.17, 15) is 4.79 Å². The van der Waals surface area contributed by atoms with Gasteiger partial charge in [-0.15, -0.1) is 0 Å². The van der Waals surface area contributed by atoms with Crippen LogP contribution in [0.5, 0.6) is 0 Å². The van der Waals surface area contributed by atoms with Gasteiger partial charge in [-0.25, -0.2) is 9.97 Å². The van der Waals surface area contributed by atoms with E-state index in [1.54, 1.807) is 0 Å². The summed E-state index contributed by atoms with van der Waals surface area (Å²) in [5, 5.41) is 7.38. The molecule has 2 N–H and O–H groups in total. The van der Waals surface area contributed by atoms with Crippen molar-refractivity contribution in [2.24, 2.45) is 0 Å². The number of carbonyl (C=O) groups excluding carboxylic acids is 1. The topological polar surface area (TPSA) is 66.9 Å². The molecule has 5 nitrogen and oxygen atoms in total. The lowest BCUT2D eigenvalue weighted by Crippen LogP contribution is -2.23. The average Bonchev–Trinajstić information content (AvgIpc) is 2.67. The summed E-state index contributed by atoms with van der Waals surface area (Å²) >= 11 is 1.36. The SMILES string of the molecule is CNc1nc(SC(C)C(=O)Nc2ccccc2C(C)C)nc2ccccc12. The van der Waals surface area contributed by atoms with Crippen molar-refractivity contribution in [1.82, 2.24) is 9.97 Å². The lowest BCUT2D eigenvalue weighted by molar-refractivity contribution is -0.115. The van der Waals surface area contributed by atoms with Gasteiger partial charge in [-0.05, 0) is 36.6 Å². The second kappa shape index (κ2) is 8.39. The summed E-state index contributed by atoms with van der Waals surface area (Å²) in [6.45, 7) is 6.10. The van der Waals surface area contributed by atoms with E-state index in [1.807, 2.05) is 62.5 Å². The summed E-state index contributed by atoms with van der Waals surface area (Å²) in [6, 6.07) is 15.8. The van der Waals surface area contributed by atoms with Crippen molar-refractivity contribution < 1.29 is 4.79 Å². The molecule has 3 rings (SSSR count). The molecule has 3 aromatic rings. The molecule has 0 saturated heterocycles. The maximum absolute atomic E-state index is 12.7. The summed E-state index contributed by atoms with van der Waals surface area (Å²) in [4.78, 5) is 21.9. The molecule has 0 fully saturated rings. The summed E-state index contributed by atoms with van der Waals surface area (Å²) in [6.07, 6.45) is 0. The molecule has 27 heavy (non-hydrogen) atoms. The van der Waals surface area contributed by atoms with Crippen molar-refractivity contribution in [3.05, 3.63) is 54.1 Å². The summed E-state index contributed by atoms with van der Waals surface area (Å²) in [5.41, 5.74) is 2.85. The normalized spacial score (nSPS) is 12.2. The minimum absolute atomic E-state index is 0.0594. The summed E-state index contributed by atoms with van der Waals surface area (Å²) in [7, 11) is 1.84. The van der Waals surface area contributed by atoms with E-state index < -0.39 is 0 Å². The fraction of sp³-hybridized carbons (Fsp3) is 0.286. The molecule has 0 aliphatic heterocycles. The van der Waals surface area contributed by atoms with Crippen LogP contribution in [0.2, 0.25) is 0 Å². The average molecular weight is 381 g/mol. The van der Waals surface area contributed by atoms with Gasteiger partial charge in [0, 0.05) is 18.1 Å². The summed E-state index contributed by atoms with van der Waals surface area (Å²) < 4.78 is 0. The van der Waals surface area contributed by atoms with Gasteiger partial charge in [-0.3, -0.25) is 4.79 Å². The lowest BCUT2D eigenvalue weighted by atomic mass is 10.0. The zero-order valence-electron chi connectivity index (χ0n) is 16.0. The first-order valence-electron chi connectivity index (χ1n) is 9.00. The standard InChI is InChI=1S/C21H24N4OS/c1-13(2)15-9-5-7-11-17(15)23-20(26)14(3)27-21-24-18-12-8-6-10-16(18)19(22-4)25-21/h5-14H,1-4H3,(H,23,26)(H,22,24,25). The van der Waals surface area contributed by atoms with Crippen LogP contribution in [-0.2, 0) is 4.79 Å². The first-order valence-corrected chi connectivity index (χ1v) is 9.88. The Morgan fingerprint density at radius 2 is 1.70 bits per heavy atom. The first-order chi connectivity index (χ1) is 13.0. The number of fused-ring (bicyclic) bond motifs is 1. The minimum Gasteiger partial charge on any atom is -0.372 e. The zero-order valence-corrected chi connectivity index (χ0v) is 16.8. The predicted octanol–water partition coefficient (Wildman–Crippen LogP) is 4.91. The van der Waals surface area contributed by atoms with Gasteiger partial charge in [0.15, 0.2) is 5.16 Å². The van der Waals surface area contributed by atoms with Crippen molar-refractivity contribution in [2.45, 2.75) is 37.1 Å². The Balaban J connectivity index is 1.78. The van der Waals surface area contributed by atoms with Crippen LogP contribution in [0.4, 0.5) is 11.5 Å². The maximum atomic E-state index is 12.7. The molecule has 1 aromatic heterocycles. The van der Waals surface area contributed by atoms with Crippen molar-refractivity contribution >= 4 is 40.1 Å². The van der Waals surface area contributed by atoms with Gasteiger partial charge in [-0.2, -0.15) is 0 Å². The van der Waals surface area contributed by atoms with Crippen molar-refractivity contribution in [1.29, 1.82) is 0 Å². The van der Waals surface area contributed by atoms with Gasteiger partial charge in [0.2, 0.25) is 5.91 Å². The molecular formula is C21H24N4OS. The smallest absolute Gasteiger partial charge is 0.237 e. The molecule has 140 valence electrons. The van der Waals surface area contributed by atoms with E-state index >= 15 is 0 Å². The van der Waals surface area contributed by atoms with Crippen LogP contribution in [0.15, 0.2) is 53.7 Å². The highest BCUT2D eigenvalue weighted by Gasteiger charge is 2.19. The Bertz CT molecular complexity index is 958. The highest BCUT2D eigenvalue weighted by atomic mass is 32.2. The van der Waals surface area contributed by atoms with Crippen molar-refractivity contribution in [2.75, 3.05) is 17.7 Å². The number of carbonyl (C=O) groups is 1. The third-order valence-corrected chi connectivity index (χ3v) is 5.27. The van der Waals surface area contributed by atoms with Gasteiger partial charge in [0.25, 0.3) is 0 Å². The van der Waals surface area contributed by atoms with Crippen LogP contribution in [-0.4, -0.2) is 28.2 Å². The van der Waals surface area contributed by atoms with Gasteiger partial charge in [0.05, 0.1) is 10.8 Å². The molecule has 1 atom stereocenters. The Hall–Kier alpha value is -2.60. The number of hydrogen-bond donors (Lipinski definition) is 2. The molecule has 1 amide bonds. The highest BCUT2D eigenvalue weighted by Crippen LogP contribution is 2.28. The Morgan fingerprint density at radius 1 is 1.00 bits per heavy atom. The molecule has 0 aliphatic rings. The largest absolute Gasteiger partial charge is 0.372 e. The second-order valence-electron chi connectivity index (χ2n) is 6.61. The molecule has 6 heteroatoms. The van der Waals surface area contributed by atoms with Gasteiger partial charge in [-0.1, -0.05) is 55.9 Å². The Kier molecular flexibility index (Phi) is 5.96. The molecular weight excluding hydrogens is 356 g/mol. The molecule has 0 aliphatic carbocycles. The number of thioether (sulfide) groups is 1. The number of aromatic nitrogens is 2. The van der Waals surface area contributed by atoms with Gasteiger partial charge < -0.3 is 10.6 Å². The predicted molar refractivity (Wildman–Crippen MR) is 114 cm³/mol. The number of nitrogens with one attached hydrogen (secondary N) is 2.